The lowest BCUT2D eigenvalue weighted by atomic mass is 10.0. The van der Waals surface area contributed by atoms with Gasteiger partial charge in [-0.05, 0) is 94.5 Å². The average Bonchev–Trinajstić information content (AvgIpc) is 4.38. The number of hydrogen-bond donors (Lipinski definition) is 16. The highest BCUT2D eigenvalue weighted by Crippen LogP contribution is 2.22. The van der Waals surface area contributed by atoms with Gasteiger partial charge in [0, 0.05) is 67.8 Å². The molecule has 0 radical (unpaired) electrons. The zero-order valence-corrected chi connectivity index (χ0v) is 50.0. The lowest BCUT2D eigenvalue weighted by Crippen LogP contribution is -2.62. The van der Waals surface area contributed by atoms with E-state index in [0.717, 1.165) is 0 Å². The third kappa shape index (κ3) is 20.2. The maximum absolute atomic E-state index is 14.7. The second-order valence-corrected chi connectivity index (χ2v) is 23.2. The smallest absolute Gasteiger partial charge is 0.256 e. The number of hydrogen-bond acceptors (Lipinski definition) is 16. The number of aliphatic hydroxyl groups is 1. The van der Waals surface area contributed by atoms with Crippen LogP contribution in [-0.2, 0) is 71.9 Å². The Kier molecular flexibility index (Phi) is 24.7. The molecule has 2 aliphatic rings. The van der Waals surface area contributed by atoms with Crippen LogP contribution >= 0.6 is 0 Å². The second-order valence-electron chi connectivity index (χ2n) is 23.2. The lowest BCUT2D eigenvalue weighted by molar-refractivity contribution is -0.142. The fourth-order valence-electron chi connectivity index (χ4n) is 10.1. The zero-order valence-electron chi connectivity index (χ0n) is 50.0. The number of phenolic OH excluding ortho intramolecular Hbond substituents is 1. The van der Waals surface area contributed by atoms with E-state index >= 15 is 0 Å². The number of H-pyrrole nitrogens is 2. The molecule has 9 atom stereocenters. The summed E-state index contributed by atoms with van der Waals surface area (Å²) in [4.78, 5) is 155. The number of carbonyl (C=O) groups is 10. The highest BCUT2D eigenvalue weighted by atomic mass is 16.5. The van der Waals surface area contributed by atoms with Crippen LogP contribution in [0, 0.1) is 5.92 Å². The van der Waals surface area contributed by atoms with Crippen LogP contribution in [0.25, 0.3) is 10.9 Å². The number of rotatable bonds is 31. The van der Waals surface area contributed by atoms with E-state index in [1.165, 1.54) is 41.7 Å². The first-order chi connectivity index (χ1) is 41.8. The number of hydrazine groups is 1. The number of nitrogens with two attached hydrogens (primary N) is 3. The topological polar surface area (TPSA) is 467 Å². The fraction of sp³-hybridized carbons (Fsp3) is 0.517. The molecule has 2 saturated heterocycles. The Labute approximate surface area is 508 Å². The molecular formula is C58H83N17O13. The molecule has 4 heterocycles. The summed E-state index contributed by atoms with van der Waals surface area (Å²) in [7, 11) is 0. The summed E-state index contributed by atoms with van der Waals surface area (Å²) in [5.74, 6) is -2.71. The van der Waals surface area contributed by atoms with Crippen molar-refractivity contribution in [2.24, 2.45) is 28.2 Å². The van der Waals surface area contributed by atoms with E-state index in [-0.39, 0.29) is 88.0 Å². The number of aromatic hydroxyl groups is 1. The van der Waals surface area contributed by atoms with Gasteiger partial charge in [-0.25, -0.2) is 10.8 Å². The first-order valence-corrected chi connectivity index (χ1v) is 29.2. The van der Waals surface area contributed by atoms with Crippen molar-refractivity contribution in [2.45, 2.75) is 159 Å². The number of fused-ring (bicyclic) bond motifs is 1. The van der Waals surface area contributed by atoms with Crippen molar-refractivity contribution >= 4 is 75.9 Å². The lowest BCUT2D eigenvalue weighted by Gasteiger charge is -2.31. The van der Waals surface area contributed by atoms with Gasteiger partial charge in [-0.1, -0.05) is 44.2 Å². The fourth-order valence-corrected chi connectivity index (χ4v) is 10.1. The number of para-hydroxylation sites is 1. The van der Waals surface area contributed by atoms with Crippen LogP contribution < -0.4 is 65.3 Å². The summed E-state index contributed by atoms with van der Waals surface area (Å²) in [5.41, 5.74) is 14.4. The van der Waals surface area contributed by atoms with Gasteiger partial charge >= 0.3 is 0 Å². The number of ether oxygens (including phenoxy) is 1. The van der Waals surface area contributed by atoms with Crippen molar-refractivity contribution in [3.63, 3.8) is 0 Å². The summed E-state index contributed by atoms with van der Waals surface area (Å²) in [6.45, 7) is 7.53. The van der Waals surface area contributed by atoms with Gasteiger partial charge in [0.25, 0.3) is 5.91 Å². The Bertz CT molecular complexity index is 3110. The Balaban J connectivity index is 1.24. The third-order valence-electron chi connectivity index (χ3n) is 14.7. The van der Waals surface area contributed by atoms with Gasteiger partial charge in [-0.3, -0.25) is 58.4 Å². The van der Waals surface area contributed by atoms with E-state index in [2.05, 4.69) is 67.9 Å². The first-order valence-electron chi connectivity index (χ1n) is 29.2. The number of aromatic amines is 2. The predicted molar refractivity (Wildman–Crippen MR) is 320 cm³/mol. The highest BCUT2D eigenvalue weighted by molar-refractivity contribution is 5.99. The Hall–Kier alpha value is -9.16. The van der Waals surface area contributed by atoms with Gasteiger partial charge in [-0.15, -0.1) is 0 Å². The number of carbonyl (C=O) groups excluding carboxylic acids is 10. The zero-order chi connectivity index (χ0) is 64.2. The van der Waals surface area contributed by atoms with Gasteiger partial charge in [-0.2, -0.15) is 0 Å². The minimum absolute atomic E-state index is 0.0328. The van der Waals surface area contributed by atoms with Gasteiger partial charge in [0.2, 0.25) is 53.2 Å². The molecule has 30 nitrogen and oxygen atoms in total. The molecule has 30 heteroatoms. The number of nitrogens with one attached hydrogen (secondary N) is 11. The van der Waals surface area contributed by atoms with Crippen LogP contribution in [0.3, 0.4) is 0 Å². The predicted octanol–water partition coefficient (Wildman–Crippen LogP) is -2.82. The minimum atomic E-state index is -1.79. The number of guanidine groups is 1. The van der Waals surface area contributed by atoms with E-state index in [4.69, 9.17) is 22.0 Å². The summed E-state index contributed by atoms with van der Waals surface area (Å²) >= 11 is 0. The van der Waals surface area contributed by atoms with Gasteiger partial charge in [0.05, 0.1) is 25.1 Å². The number of imidazole rings is 1. The molecule has 4 aromatic rings. The van der Waals surface area contributed by atoms with Gasteiger partial charge in [0.1, 0.15) is 60.1 Å². The number of benzene rings is 2. The largest absolute Gasteiger partial charge is 0.508 e. The van der Waals surface area contributed by atoms with Gasteiger partial charge in [0.15, 0.2) is 5.96 Å². The van der Waals surface area contributed by atoms with Crippen molar-refractivity contribution in [3.8, 4) is 5.75 Å². The van der Waals surface area contributed by atoms with E-state index in [1.807, 2.05) is 0 Å². The van der Waals surface area contributed by atoms with E-state index < -0.39 is 126 Å². The maximum Gasteiger partial charge on any atom is 0.256 e. The number of aliphatic imine (C=N–C) groups is 1. The molecular weight excluding hydrogens is 1140 g/mol. The van der Waals surface area contributed by atoms with Crippen LogP contribution in [0.1, 0.15) is 96.4 Å². The number of amides is 10. The molecule has 19 N–H and O–H groups in total. The maximum atomic E-state index is 14.7. The standard InChI is InChI=1S/C58H83N17O13/c1-31(2)22-40(49(80)67-39(12-8-20-63-57(59)60)56(87)75-21-9-13-46(75)55(86)74-61)68-54(85)45(29-88-58(3,4)5)73-50(81)41(23-32-14-16-35(77)17-15-32)69-53(84)44(28-76)72-51(82)42(24-33-26-64-37-11-7-6-10-36(33)37)70-52(83)43(25-34-27-62-30-65-34)71-48(79)38-18-19-47(78)66-38/h6-7,10-11,14-17,26-27,30-31,38-46,64,76-77H,8-9,12-13,18-25,28-29,61H2,1-5H3,(H,62,65)(H,66,78)(H,67,80)(H,68,85)(H,69,84)(H,70,83)(H,71,79)(H,72,82)(H,73,81)(H,74,86)(H4,59,60,63). The average molecular weight is 1230 g/mol. The molecule has 2 aromatic carbocycles. The number of nitrogens with zero attached hydrogens (tertiary/aromatic N) is 3. The molecule has 478 valence electrons. The van der Waals surface area contributed by atoms with Crippen molar-refractivity contribution in [2.75, 3.05) is 26.3 Å². The van der Waals surface area contributed by atoms with Crippen LogP contribution in [0.4, 0.5) is 0 Å². The van der Waals surface area contributed by atoms with Crippen LogP contribution in [0.15, 0.2) is 72.2 Å². The van der Waals surface area contributed by atoms with E-state index in [0.29, 0.717) is 40.6 Å². The molecule has 10 amide bonds. The number of likely N-dealkylation sites (tertiary alicyclic amines) is 1. The molecule has 0 aliphatic carbocycles. The monoisotopic (exact) mass is 1230 g/mol. The molecule has 0 bridgehead atoms. The van der Waals surface area contributed by atoms with Crippen molar-refractivity contribution < 1.29 is 62.9 Å². The number of aliphatic hydroxyl groups excluding tert-OH is 1. The highest BCUT2D eigenvalue weighted by Gasteiger charge is 2.40. The molecule has 2 aromatic heterocycles. The summed E-state index contributed by atoms with van der Waals surface area (Å²) < 4.78 is 6.03. The van der Waals surface area contributed by atoms with Crippen LogP contribution in [0.2, 0.25) is 0 Å². The Morgan fingerprint density at radius 1 is 0.750 bits per heavy atom. The number of phenols is 1. The normalized spacial score (nSPS) is 17.2. The molecule has 0 saturated carbocycles. The summed E-state index contributed by atoms with van der Waals surface area (Å²) in [5, 5.41) is 42.8. The SMILES string of the molecule is CC(C)CC(NC(=O)C(COC(C)(C)C)NC(=O)C(Cc1ccc(O)cc1)NC(=O)C(CO)NC(=O)C(Cc1c[nH]c2ccccc12)NC(=O)C(Cc1cnc[nH]1)NC(=O)C1CCC(=O)N1)C(=O)NC(CCCN=C(N)N)C(=O)N1CCCC1C(=O)NN. The van der Waals surface area contributed by atoms with Gasteiger partial charge < -0.3 is 83.8 Å². The van der Waals surface area contributed by atoms with Crippen molar-refractivity contribution in [1.29, 1.82) is 0 Å². The molecule has 0 spiro atoms. The Morgan fingerprint density at radius 2 is 1.35 bits per heavy atom. The quantitative estimate of drug-likeness (QED) is 0.00604. The molecule has 2 fully saturated rings. The van der Waals surface area contributed by atoms with Crippen LogP contribution in [-0.4, -0.2) is 181 Å². The molecule has 9 unspecified atom stereocenters. The van der Waals surface area contributed by atoms with Crippen molar-refractivity contribution in [3.05, 3.63) is 84.1 Å². The third-order valence-corrected chi connectivity index (χ3v) is 14.7. The van der Waals surface area contributed by atoms with E-state index in [9.17, 15) is 58.2 Å². The molecule has 88 heavy (non-hydrogen) atoms. The van der Waals surface area contributed by atoms with E-state index in [1.54, 1.807) is 65.1 Å². The minimum Gasteiger partial charge on any atom is -0.508 e. The second kappa shape index (κ2) is 32.0. The number of aromatic nitrogens is 3. The first kappa shape index (κ1) is 68.0. The summed E-state index contributed by atoms with van der Waals surface area (Å²) in [6, 6.07) is 0.760. The Morgan fingerprint density at radius 3 is 1.97 bits per heavy atom. The van der Waals surface area contributed by atoms with Crippen molar-refractivity contribution in [1.82, 2.24) is 67.8 Å². The molecule has 2 aliphatic heterocycles. The summed E-state index contributed by atoms with van der Waals surface area (Å²) in [6.07, 6.45) is 5.31. The molecule has 6 rings (SSSR count). The van der Waals surface area contributed by atoms with Crippen LogP contribution in [0.5, 0.6) is 5.75 Å².